The minimum Gasteiger partial charge on any atom is -0.365 e. The van der Waals surface area contributed by atoms with Gasteiger partial charge in [0.15, 0.2) is 5.82 Å². The van der Waals surface area contributed by atoms with Gasteiger partial charge >= 0.3 is 0 Å². The summed E-state index contributed by atoms with van der Waals surface area (Å²) >= 11 is 0. The summed E-state index contributed by atoms with van der Waals surface area (Å²) in [6.07, 6.45) is 1.64. The molecule has 0 aliphatic heterocycles. The van der Waals surface area contributed by atoms with Crippen molar-refractivity contribution in [3.8, 4) is 0 Å². The van der Waals surface area contributed by atoms with Gasteiger partial charge in [-0.2, -0.15) is 10.1 Å². The van der Waals surface area contributed by atoms with E-state index in [-0.39, 0.29) is 0 Å². The zero-order valence-electron chi connectivity index (χ0n) is 15.7. The Bertz CT molecular complexity index is 872. The molecule has 1 aromatic heterocycles. The Labute approximate surface area is 154 Å². The number of nitrogens with zero attached hydrogens (tertiary/aromatic N) is 3. The van der Waals surface area contributed by atoms with Crippen molar-refractivity contribution in [1.82, 2.24) is 15.2 Å². The second-order valence-corrected chi connectivity index (χ2v) is 6.82. The van der Waals surface area contributed by atoms with Gasteiger partial charge in [0.1, 0.15) is 0 Å². The van der Waals surface area contributed by atoms with Crippen LogP contribution in [0.2, 0.25) is 0 Å². The van der Waals surface area contributed by atoms with Crippen LogP contribution in [0, 0.1) is 13.8 Å². The van der Waals surface area contributed by atoms with Crippen LogP contribution in [-0.4, -0.2) is 15.2 Å². The van der Waals surface area contributed by atoms with Crippen LogP contribution in [0.1, 0.15) is 42.0 Å². The fourth-order valence-corrected chi connectivity index (χ4v) is 2.79. The topological polar surface area (TPSA) is 62.7 Å². The van der Waals surface area contributed by atoms with Crippen molar-refractivity contribution >= 4 is 17.5 Å². The van der Waals surface area contributed by atoms with Crippen molar-refractivity contribution in [3.05, 3.63) is 70.9 Å². The number of para-hydroxylation sites is 1. The number of anilines is 3. The molecule has 0 amide bonds. The second-order valence-electron chi connectivity index (χ2n) is 6.82. The van der Waals surface area contributed by atoms with Crippen LogP contribution in [0.4, 0.5) is 17.5 Å². The SMILES string of the molecule is Cc1ccc(CNc2cnnc(Nc3c(C)cccc3C(C)C)n2)cc1. The van der Waals surface area contributed by atoms with E-state index in [9.17, 15) is 0 Å². The molecule has 3 rings (SSSR count). The zero-order valence-corrected chi connectivity index (χ0v) is 15.7. The summed E-state index contributed by atoms with van der Waals surface area (Å²) in [5, 5.41) is 14.9. The lowest BCUT2D eigenvalue weighted by Gasteiger charge is -2.16. The number of aromatic nitrogens is 3. The summed E-state index contributed by atoms with van der Waals surface area (Å²) in [5.74, 6) is 1.60. The number of rotatable bonds is 6. The van der Waals surface area contributed by atoms with Crippen molar-refractivity contribution in [2.45, 2.75) is 40.2 Å². The summed E-state index contributed by atoms with van der Waals surface area (Å²) in [4.78, 5) is 4.55. The van der Waals surface area contributed by atoms with Crippen molar-refractivity contribution < 1.29 is 0 Å². The Morgan fingerprint density at radius 2 is 1.77 bits per heavy atom. The number of benzene rings is 2. The van der Waals surface area contributed by atoms with Crippen LogP contribution in [-0.2, 0) is 6.54 Å². The third-order valence-corrected chi connectivity index (χ3v) is 4.32. The molecule has 0 aliphatic rings. The molecule has 5 heteroatoms. The first-order chi connectivity index (χ1) is 12.5. The van der Waals surface area contributed by atoms with Gasteiger partial charge in [-0.1, -0.05) is 61.9 Å². The van der Waals surface area contributed by atoms with Crippen LogP contribution in [0.25, 0.3) is 0 Å². The van der Waals surface area contributed by atoms with E-state index in [0.29, 0.717) is 24.2 Å². The summed E-state index contributed by atoms with van der Waals surface area (Å²) in [5.41, 5.74) is 5.91. The van der Waals surface area contributed by atoms with Crippen LogP contribution in [0.5, 0.6) is 0 Å². The minimum absolute atomic E-state index is 0.410. The number of hydrogen-bond donors (Lipinski definition) is 2. The van der Waals surface area contributed by atoms with Gasteiger partial charge in [0, 0.05) is 12.2 Å². The van der Waals surface area contributed by atoms with Gasteiger partial charge < -0.3 is 10.6 Å². The maximum atomic E-state index is 4.55. The lowest BCUT2D eigenvalue weighted by atomic mass is 9.98. The Morgan fingerprint density at radius 3 is 2.50 bits per heavy atom. The van der Waals surface area contributed by atoms with Crippen molar-refractivity contribution in [2.24, 2.45) is 0 Å². The molecule has 0 fully saturated rings. The molecule has 1 heterocycles. The molecule has 134 valence electrons. The van der Waals surface area contributed by atoms with Crippen LogP contribution in [0.15, 0.2) is 48.7 Å². The maximum Gasteiger partial charge on any atom is 0.249 e. The molecule has 0 radical (unpaired) electrons. The van der Waals surface area contributed by atoms with Gasteiger partial charge in [-0.3, -0.25) is 0 Å². The Balaban J connectivity index is 1.75. The van der Waals surface area contributed by atoms with Gasteiger partial charge in [0.05, 0.1) is 6.20 Å². The predicted molar refractivity (Wildman–Crippen MR) is 107 cm³/mol. The smallest absolute Gasteiger partial charge is 0.249 e. The van der Waals surface area contributed by atoms with Crippen LogP contribution in [0.3, 0.4) is 0 Å². The van der Waals surface area contributed by atoms with Gasteiger partial charge in [-0.05, 0) is 36.5 Å². The zero-order chi connectivity index (χ0) is 18.5. The number of aryl methyl sites for hydroxylation is 2. The largest absolute Gasteiger partial charge is 0.365 e. The molecule has 0 saturated heterocycles. The van der Waals surface area contributed by atoms with Crippen LogP contribution >= 0.6 is 0 Å². The van der Waals surface area contributed by atoms with E-state index in [2.05, 4.69) is 96.0 Å². The monoisotopic (exact) mass is 347 g/mol. The van der Waals surface area contributed by atoms with Crippen LogP contribution < -0.4 is 10.6 Å². The number of hydrogen-bond acceptors (Lipinski definition) is 5. The molecule has 2 aromatic carbocycles. The standard InChI is InChI=1S/C21H25N5/c1-14(2)18-7-5-6-16(4)20(18)25-21-24-19(13-23-26-21)22-12-17-10-8-15(3)9-11-17/h5-11,13-14H,12H2,1-4H3,(H2,22,24,25,26). The quantitative estimate of drug-likeness (QED) is 0.659. The molecule has 3 aromatic rings. The lowest BCUT2D eigenvalue weighted by molar-refractivity contribution is 0.865. The minimum atomic E-state index is 0.410. The Hall–Kier alpha value is -2.95. The van der Waals surface area contributed by atoms with E-state index in [0.717, 1.165) is 11.3 Å². The maximum absolute atomic E-state index is 4.55. The molecule has 0 spiro atoms. The molecule has 0 saturated carbocycles. The highest BCUT2D eigenvalue weighted by atomic mass is 15.3. The number of nitrogens with one attached hydrogen (secondary N) is 2. The van der Waals surface area contributed by atoms with E-state index in [1.165, 1.54) is 16.7 Å². The Kier molecular flexibility index (Phi) is 5.46. The summed E-state index contributed by atoms with van der Waals surface area (Å²) in [7, 11) is 0. The third-order valence-electron chi connectivity index (χ3n) is 4.32. The van der Waals surface area contributed by atoms with E-state index in [1.807, 2.05) is 0 Å². The average Bonchev–Trinajstić information content (AvgIpc) is 2.63. The first-order valence-electron chi connectivity index (χ1n) is 8.88. The van der Waals surface area contributed by atoms with E-state index < -0.39 is 0 Å². The highest BCUT2D eigenvalue weighted by molar-refractivity contribution is 5.64. The molecular weight excluding hydrogens is 322 g/mol. The normalized spacial score (nSPS) is 10.8. The average molecular weight is 347 g/mol. The van der Waals surface area contributed by atoms with Gasteiger partial charge in [0.25, 0.3) is 0 Å². The highest BCUT2D eigenvalue weighted by Crippen LogP contribution is 2.29. The van der Waals surface area contributed by atoms with E-state index in [4.69, 9.17) is 0 Å². The first kappa shape index (κ1) is 17.9. The fourth-order valence-electron chi connectivity index (χ4n) is 2.79. The Morgan fingerprint density at radius 1 is 1.00 bits per heavy atom. The second kappa shape index (κ2) is 7.95. The summed E-state index contributed by atoms with van der Waals surface area (Å²) < 4.78 is 0. The molecule has 0 aliphatic carbocycles. The molecule has 2 N–H and O–H groups in total. The molecule has 5 nitrogen and oxygen atoms in total. The summed E-state index contributed by atoms with van der Waals surface area (Å²) in [6, 6.07) is 14.7. The third kappa shape index (κ3) is 4.36. The van der Waals surface area contributed by atoms with Crippen molar-refractivity contribution in [1.29, 1.82) is 0 Å². The molecule has 0 atom stereocenters. The summed E-state index contributed by atoms with van der Waals surface area (Å²) in [6.45, 7) is 9.22. The first-order valence-corrected chi connectivity index (χ1v) is 8.88. The van der Waals surface area contributed by atoms with Gasteiger partial charge in [-0.25, -0.2) is 0 Å². The van der Waals surface area contributed by atoms with E-state index in [1.54, 1.807) is 6.20 Å². The fraction of sp³-hybridized carbons (Fsp3) is 0.286. The molecule has 0 bridgehead atoms. The highest BCUT2D eigenvalue weighted by Gasteiger charge is 2.11. The van der Waals surface area contributed by atoms with Crippen molar-refractivity contribution in [2.75, 3.05) is 10.6 Å². The molecule has 26 heavy (non-hydrogen) atoms. The molecule has 0 unspecified atom stereocenters. The van der Waals surface area contributed by atoms with Crippen molar-refractivity contribution in [3.63, 3.8) is 0 Å². The molecular formula is C21H25N5. The lowest BCUT2D eigenvalue weighted by Crippen LogP contribution is -2.07. The van der Waals surface area contributed by atoms with E-state index >= 15 is 0 Å². The predicted octanol–water partition coefficient (Wildman–Crippen LogP) is 4.97. The van der Waals surface area contributed by atoms with Gasteiger partial charge in [0.2, 0.25) is 5.95 Å². The van der Waals surface area contributed by atoms with Gasteiger partial charge in [-0.15, -0.1) is 5.10 Å².